The van der Waals surface area contributed by atoms with E-state index in [4.69, 9.17) is 25.2 Å². The Labute approximate surface area is 531 Å². The van der Waals surface area contributed by atoms with E-state index < -0.39 is 96.0 Å². The summed E-state index contributed by atoms with van der Waals surface area (Å²) in [6.45, 7) is 17.4. The number of aliphatic carboxylic acids is 1. The van der Waals surface area contributed by atoms with Crippen LogP contribution in [0.1, 0.15) is 131 Å². The van der Waals surface area contributed by atoms with Gasteiger partial charge < -0.3 is 62.0 Å². The number of likely N-dealkylation sites (N-methyl/N-ethyl adjacent to an activating group) is 2. The highest BCUT2D eigenvalue weighted by Crippen LogP contribution is 2.30. The number of ether oxygens (including phenoxy) is 2. The van der Waals surface area contributed by atoms with E-state index in [9.17, 15) is 47.9 Å². The monoisotopic (exact) mass is 1260 g/mol. The van der Waals surface area contributed by atoms with E-state index >= 15 is 0 Å². The highest BCUT2D eigenvalue weighted by Gasteiger charge is 2.43. The highest BCUT2D eigenvalue weighted by atomic mass is 16.6. The maximum atomic E-state index is 14.6. The van der Waals surface area contributed by atoms with Crippen molar-refractivity contribution in [3.8, 4) is 0 Å². The van der Waals surface area contributed by atoms with E-state index in [1.807, 2.05) is 90.9 Å². The van der Waals surface area contributed by atoms with E-state index in [0.29, 0.717) is 43.5 Å². The summed E-state index contributed by atoms with van der Waals surface area (Å²) in [6.07, 6.45) is 3.75. The summed E-state index contributed by atoms with van der Waals surface area (Å²) in [5, 5.41) is 25.6. The van der Waals surface area contributed by atoms with Gasteiger partial charge in [-0.1, -0.05) is 117 Å². The van der Waals surface area contributed by atoms with Gasteiger partial charge in [-0.15, -0.1) is 0 Å². The van der Waals surface area contributed by atoms with Crippen LogP contribution in [0.2, 0.25) is 0 Å². The van der Waals surface area contributed by atoms with Crippen molar-refractivity contribution in [3.05, 3.63) is 77.9 Å². The Kier molecular flexibility index (Phi) is 33.2. The van der Waals surface area contributed by atoms with E-state index in [1.165, 1.54) is 20.3 Å². The molecule has 1 saturated heterocycles. The zero-order chi connectivity index (χ0) is 67.4. The molecule has 0 bridgehead atoms. The molecule has 1 aliphatic heterocycles. The smallest absolute Gasteiger partial charge is 0.312 e. The molecule has 0 spiro atoms. The number of carboxylic acid groups (broad SMARTS) is 1. The maximum Gasteiger partial charge on any atom is 0.312 e. The molecule has 25 nitrogen and oxygen atoms in total. The van der Waals surface area contributed by atoms with Gasteiger partial charge in [0.15, 0.2) is 0 Å². The predicted octanol–water partition coefficient (Wildman–Crippen LogP) is 4.43. The summed E-state index contributed by atoms with van der Waals surface area (Å²) in [6, 6.07) is 10.1. The number of nitrogens with one attached hydrogen (secondary N) is 7. The molecule has 25 heteroatoms. The van der Waals surface area contributed by atoms with Crippen LogP contribution in [0, 0.1) is 29.6 Å². The molecule has 1 fully saturated rings. The summed E-state index contributed by atoms with van der Waals surface area (Å²) in [5.74, 6) is -5.94. The largest absolute Gasteiger partial charge is 0.481 e. The zero-order valence-electron chi connectivity index (χ0n) is 55.3. The second-order valence-electron chi connectivity index (χ2n) is 24.6. The van der Waals surface area contributed by atoms with Crippen LogP contribution in [0.3, 0.4) is 0 Å². The summed E-state index contributed by atoms with van der Waals surface area (Å²) >= 11 is 0. The van der Waals surface area contributed by atoms with Crippen molar-refractivity contribution in [3.63, 3.8) is 0 Å². The van der Waals surface area contributed by atoms with Gasteiger partial charge in [-0.2, -0.15) is 0 Å². The molecule has 1 aliphatic rings. The van der Waals surface area contributed by atoms with Gasteiger partial charge in [0, 0.05) is 59.0 Å². The van der Waals surface area contributed by atoms with Crippen LogP contribution >= 0.6 is 0 Å². The number of primary amides is 1. The summed E-state index contributed by atoms with van der Waals surface area (Å²) in [4.78, 5) is 143. The molecule has 0 saturated carbocycles. The predicted molar refractivity (Wildman–Crippen MR) is 341 cm³/mol. The Morgan fingerprint density at radius 2 is 1.40 bits per heavy atom. The number of carbonyl (C=O) groups is 10. The third-order valence-electron chi connectivity index (χ3n) is 16.3. The van der Waals surface area contributed by atoms with Crippen LogP contribution in [0.4, 0.5) is 10.5 Å². The van der Waals surface area contributed by atoms with Gasteiger partial charge in [-0.05, 0) is 99.6 Å². The Hall–Kier alpha value is -7.48. The molecule has 90 heavy (non-hydrogen) atoms. The summed E-state index contributed by atoms with van der Waals surface area (Å²) in [5.41, 5.74) is 9.47. The number of benzene rings is 2. The number of likely N-dealkylation sites (tertiary alicyclic amines) is 1. The second kappa shape index (κ2) is 38.9. The number of rotatable bonds is 39. The number of hydrogen-bond acceptors (Lipinski definition) is 14. The molecule has 2 unspecified atom stereocenters. The number of amides is 10. The summed E-state index contributed by atoms with van der Waals surface area (Å²) in [7, 11) is 8.43. The fraction of sp³-hybridized carbons (Fsp3) is 0.631. The van der Waals surface area contributed by atoms with Crippen molar-refractivity contribution >= 4 is 64.9 Å². The van der Waals surface area contributed by atoms with Gasteiger partial charge in [-0.25, -0.2) is 10.3 Å². The number of nitrogens with zero attached hydrogens (tertiary/aromatic N) is 3. The molecule has 1 heterocycles. The number of nitrogens with two attached hydrogens (primary N) is 1. The first kappa shape index (κ1) is 76.8. The highest BCUT2D eigenvalue weighted by molar-refractivity contribution is 5.98. The summed E-state index contributed by atoms with van der Waals surface area (Å²) < 4.78 is 12.2. The number of hydroxylamine groups is 1. The molecule has 10 amide bonds. The lowest BCUT2D eigenvalue weighted by molar-refractivity contribution is -0.148. The topological polar surface area (TPSA) is 339 Å². The van der Waals surface area contributed by atoms with E-state index in [2.05, 4.69) is 37.4 Å². The van der Waals surface area contributed by atoms with Crippen molar-refractivity contribution in [2.24, 2.45) is 35.3 Å². The van der Waals surface area contributed by atoms with Crippen molar-refractivity contribution in [2.45, 2.75) is 188 Å². The first-order chi connectivity index (χ1) is 42.5. The SMILES string of the molecule is CC[C@H](C)[C@@H]([C@@H](CC(=O)N1CCC[C@H]1[C@H](OC)[C@@H](C)C(=O)N[C@H](/C=C/C(=O)NOCc1ccc(NC(=O)[C@@H](CCCNC(N)=O)NC(=O)C(NC(=O)CCCC(=O)O)C(C)C)cc1)Cc1ccccc1)OC)N(C)C(=O)[C@@H](NC(=O)C(C(C)C)N(C)C)C(C)C. The fourth-order valence-corrected chi connectivity index (χ4v) is 11.3. The third-order valence-corrected chi connectivity index (χ3v) is 16.3. The van der Waals surface area contributed by atoms with Crippen LogP contribution in [-0.2, 0) is 70.5 Å². The van der Waals surface area contributed by atoms with Crippen LogP contribution in [0.5, 0.6) is 0 Å². The van der Waals surface area contributed by atoms with E-state index in [1.54, 1.807) is 68.0 Å². The Bertz CT molecular complexity index is 2670. The number of anilines is 1. The minimum atomic E-state index is -1.10. The molecule has 10 N–H and O–H groups in total. The van der Waals surface area contributed by atoms with Gasteiger partial charge in [0.25, 0.3) is 5.91 Å². The first-order valence-corrected chi connectivity index (χ1v) is 31.3. The van der Waals surface area contributed by atoms with E-state index in [-0.39, 0.29) is 99.0 Å². The van der Waals surface area contributed by atoms with Crippen LogP contribution in [0.15, 0.2) is 66.7 Å². The first-order valence-electron chi connectivity index (χ1n) is 31.3. The van der Waals surface area contributed by atoms with Crippen LogP contribution in [0.25, 0.3) is 0 Å². The Balaban J connectivity index is 1.71. The molecular weight excluding hydrogens is 1160 g/mol. The number of hydrogen-bond donors (Lipinski definition) is 9. The third kappa shape index (κ3) is 25.1. The molecular formula is C65H103N11O14. The molecule has 11 atom stereocenters. The van der Waals surface area contributed by atoms with Crippen LogP contribution < -0.4 is 43.1 Å². The lowest BCUT2D eigenvalue weighted by Crippen LogP contribution is -2.59. The van der Waals surface area contributed by atoms with Gasteiger partial charge in [0.05, 0.1) is 55.3 Å². The average molecular weight is 1260 g/mol. The average Bonchev–Trinajstić information content (AvgIpc) is 1.81. The Morgan fingerprint density at radius 3 is 1.97 bits per heavy atom. The Morgan fingerprint density at radius 1 is 0.744 bits per heavy atom. The minimum absolute atomic E-state index is 0.000265. The molecule has 0 radical (unpaired) electrons. The molecule has 502 valence electrons. The van der Waals surface area contributed by atoms with Gasteiger partial charge >= 0.3 is 12.0 Å². The fourth-order valence-electron chi connectivity index (χ4n) is 11.3. The van der Waals surface area contributed by atoms with Crippen molar-refractivity contribution in [1.82, 2.24) is 46.8 Å². The van der Waals surface area contributed by atoms with Crippen molar-refractivity contribution in [2.75, 3.05) is 53.8 Å². The maximum absolute atomic E-state index is 14.6. The number of carboxylic acids is 1. The lowest BCUT2D eigenvalue weighted by Gasteiger charge is -2.41. The van der Waals surface area contributed by atoms with E-state index in [0.717, 1.165) is 5.56 Å². The molecule has 0 aliphatic carbocycles. The van der Waals surface area contributed by atoms with Crippen molar-refractivity contribution < 1.29 is 67.4 Å². The minimum Gasteiger partial charge on any atom is -0.481 e. The zero-order valence-corrected chi connectivity index (χ0v) is 55.3. The molecule has 2 aromatic rings. The van der Waals surface area contributed by atoms with Gasteiger partial charge in [0.2, 0.25) is 41.4 Å². The molecule has 0 aromatic heterocycles. The molecule has 2 aromatic carbocycles. The normalized spacial score (nSPS) is 16.6. The van der Waals surface area contributed by atoms with Gasteiger partial charge in [0.1, 0.15) is 18.1 Å². The quantitative estimate of drug-likeness (QED) is 0.0254. The second-order valence-corrected chi connectivity index (χ2v) is 24.6. The standard InChI is InChI=1S/C65H103N11O14/c1-15-42(8)58(75(12)64(86)56(40(4)5)72-63(85)57(41(6)7)74(10)11)50(88-13)37-53(79)76-35-21-25-49(76)59(89-14)43(9)60(82)69-47(36-44-22-17-16-18-23-44)32-33-52(78)73-90-38-45-28-30-46(31-29-45)68-61(83)48(24-20-34-67-65(66)87)70-62(84)55(39(2)3)71-51(77)26-19-27-54(80)81/h16-18,22-23,28-33,39-43,47-50,55-59H,15,19-21,24-27,34-38H2,1-14H3,(H,68,83)(H,69,82)(H,70,84)(H,71,77)(H,72,85)(H,73,78)(H,80,81)(H3,66,67,87)/b33-32+/t42-,43+,47+,48+,49-,50+,55?,56-,57?,58-,59+/m0/s1. The van der Waals surface area contributed by atoms with Crippen molar-refractivity contribution in [1.29, 1.82) is 0 Å². The lowest BCUT2D eigenvalue weighted by atomic mass is 9.89. The number of carbonyl (C=O) groups excluding carboxylic acids is 9. The van der Waals surface area contributed by atoms with Crippen LogP contribution in [-0.4, -0.2) is 182 Å². The molecule has 3 rings (SSSR count). The van der Waals surface area contributed by atoms with Gasteiger partial charge in [-0.3, -0.25) is 52.9 Å². The number of methoxy groups -OCH3 is 2. The number of urea groups is 1.